The third kappa shape index (κ3) is 2.76. The quantitative estimate of drug-likeness (QED) is 0.657. The van der Waals surface area contributed by atoms with Gasteiger partial charge in [0.05, 0.1) is 5.60 Å². The summed E-state index contributed by atoms with van der Waals surface area (Å²) in [5.41, 5.74) is -0.513. The summed E-state index contributed by atoms with van der Waals surface area (Å²) >= 11 is 0. The SMILES string of the molecule is CCC1CC1NCC(C)(O)CC. The summed E-state index contributed by atoms with van der Waals surface area (Å²) in [5, 5.41) is 13.1. The van der Waals surface area contributed by atoms with Crippen molar-refractivity contribution in [2.45, 2.75) is 51.7 Å². The first-order chi connectivity index (χ1) is 5.59. The predicted molar refractivity (Wildman–Crippen MR) is 51.1 cm³/mol. The second-order valence-corrected chi connectivity index (χ2v) is 4.24. The van der Waals surface area contributed by atoms with Crippen LogP contribution < -0.4 is 5.32 Å². The minimum atomic E-state index is -0.513. The Morgan fingerprint density at radius 1 is 1.50 bits per heavy atom. The van der Waals surface area contributed by atoms with Crippen LogP contribution in [0.3, 0.4) is 0 Å². The van der Waals surface area contributed by atoms with E-state index in [0.29, 0.717) is 6.04 Å². The van der Waals surface area contributed by atoms with Crippen LogP contribution >= 0.6 is 0 Å². The Kier molecular flexibility index (Phi) is 3.13. The van der Waals surface area contributed by atoms with Crippen molar-refractivity contribution in [3.63, 3.8) is 0 Å². The molecular formula is C10H21NO. The van der Waals surface area contributed by atoms with Crippen molar-refractivity contribution >= 4 is 0 Å². The molecule has 0 radical (unpaired) electrons. The van der Waals surface area contributed by atoms with E-state index in [1.165, 1.54) is 12.8 Å². The van der Waals surface area contributed by atoms with Crippen LogP contribution in [0.1, 0.15) is 40.0 Å². The van der Waals surface area contributed by atoms with Gasteiger partial charge in [0, 0.05) is 12.6 Å². The first kappa shape index (κ1) is 10.0. The van der Waals surface area contributed by atoms with Crippen molar-refractivity contribution in [3.05, 3.63) is 0 Å². The molecule has 0 saturated heterocycles. The van der Waals surface area contributed by atoms with E-state index in [9.17, 15) is 5.11 Å². The Hall–Kier alpha value is -0.0800. The Bertz CT molecular complexity index is 145. The smallest absolute Gasteiger partial charge is 0.0741 e. The van der Waals surface area contributed by atoms with Gasteiger partial charge in [0.1, 0.15) is 0 Å². The molecule has 72 valence electrons. The van der Waals surface area contributed by atoms with E-state index < -0.39 is 5.60 Å². The molecule has 2 heteroatoms. The molecule has 0 aromatic heterocycles. The lowest BCUT2D eigenvalue weighted by molar-refractivity contribution is 0.0551. The highest BCUT2D eigenvalue weighted by atomic mass is 16.3. The van der Waals surface area contributed by atoms with E-state index in [-0.39, 0.29) is 0 Å². The summed E-state index contributed by atoms with van der Waals surface area (Å²) in [6.45, 7) is 6.88. The maximum Gasteiger partial charge on any atom is 0.0741 e. The van der Waals surface area contributed by atoms with E-state index >= 15 is 0 Å². The van der Waals surface area contributed by atoms with Crippen LogP contribution in [0.5, 0.6) is 0 Å². The lowest BCUT2D eigenvalue weighted by Crippen LogP contribution is -2.38. The lowest BCUT2D eigenvalue weighted by Gasteiger charge is -2.21. The van der Waals surface area contributed by atoms with Crippen molar-refractivity contribution in [2.75, 3.05) is 6.54 Å². The summed E-state index contributed by atoms with van der Waals surface area (Å²) < 4.78 is 0. The van der Waals surface area contributed by atoms with Crippen molar-refractivity contribution in [3.8, 4) is 0 Å². The van der Waals surface area contributed by atoms with Gasteiger partial charge in [0.2, 0.25) is 0 Å². The molecule has 1 aliphatic rings. The molecule has 2 N–H and O–H groups in total. The van der Waals surface area contributed by atoms with Crippen molar-refractivity contribution in [1.29, 1.82) is 0 Å². The zero-order valence-corrected chi connectivity index (χ0v) is 8.43. The number of hydrogen-bond donors (Lipinski definition) is 2. The van der Waals surface area contributed by atoms with Crippen LogP contribution in [0.2, 0.25) is 0 Å². The number of aliphatic hydroxyl groups is 1. The highest BCUT2D eigenvalue weighted by molar-refractivity contribution is 4.93. The second-order valence-electron chi connectivity index (χ2n) is 4.24. The van der Waals surface area contributed by atoms with Gasteiger partial charge in [-0.25, -0.2) is 0 Å². The normalized spacial score (nSPS) is 33.0. The van der Waals surface area contributed by atoms with Crippen LogP contribution in [-0.2, 0) is 0 Å². The lowest BCUT2D eigenvalue weighted by atomic mass is 10.0. The minimum absolute atomic E-state index is 0.513. The molecule has 1 aliphatic carbocycles. The summed E-state index contributed by atoms with van der Waals surface area (Å²) in [6.07, 6.45) is 3.39. The van der Waals surface area contributed by atoms with Crippen LogP contribution in [-0.4, -0.2) is 23.3 Å². The maximum absolute atomic E-state index is 9.70. The van der Waals surface area contributed by atoms with Crippen LogP contribution in [0, 0.1) is 5.92 Å². The standard InChI is InChI=1S/C10H21NO/c1-4-8-6-9(8)11-7-10(3,12)5-2/h8-9,11-12H,4-7H2,1-3H3. The van der Waals surface area contributed by atoms with Crippen molar-refractivity contribution in [2.24, 2.45) is 5.92 Å². The molecule has 0 heterocycles. The molecule has 12 heavy (non-hydrogen) atoms. The number of nitrogens with one attached hydrogen (secondary N) is 1. The fourth-order valence-electron chi connectivity index (χ4n) is 1.42. The Morgan fingerprint density at radius 2 is 2.17 bits per heavy atom. The van der Waals surface area contributed by atoms with E-state index in [2.05, 4.69) is 12.2 Å². The van der Waals surface area contributed by atoms with Gasteiger partial charge in [-0.3, -0.25) is 0 Å². The summed E-state index contributed by atoms with van der Waals surface area (Å²) in [5.74, 6) is 0.873. The summed E-state index contributed by atoms with van der Waals surface area (Å²) in [4.78, 5) is 0. The van der Waals surface area contributed by atoms with Gasteiger partial charge in [-0.15, -0.1) is 0 Å². The molecule has 0 amide bonds. The number of hydrogen-bond acceptors (Lipinski definition) is 2. The Labute approximate surface area is 75.4 Å². The number of rotatable bonds is 5. The molecule has 2 nitrogen and oxygen atoms in total. The molecule has 1 rings (SSSR count). The molecule has 0 aromatic rings. The zero-order valence-electron chi connectivity index (χ0n) is 8.43. The van der Waals surface area contributed by atoms with E-state index in [4.69, 9.17) is 0 Å². The molecule has 0 bridgehead atoms. The Balaban J connectivity index is 2.11. The molecule has 3 unspecified atom stereocenters. The molecule has 3 atom stereocenters. The first-order valence-electron chi connectivity index (χ1n) is 5.05. The topological polar surface area (TPSA) is 32.3 Å². The molecule has 0 spiro atoms. The van der Waals surface area contributed by atoms with Gasteiger partial charge in [-0.2, -0.15) is 0 Å². The molecule has 0 aliphatic heterocycles. The zero-order chi connectivity index (χ0) is 9.19. The average Bonchev–Trinajstić information content (AvgIpc) is 2.80. The second kappa shape index (κ2) is 3.75. The monoisotopic (exact) mass is 171 g/mol. The van der Waals surface area contributed by atoms with Crippen molar-refractivity contribution in [1.82, 2.24) is 5.32 Å². The fraction of sp³-hybridized carbons (Fsp3) is 1.00. The molecular weight excluding hydrogens is 150 g/mol. The Morgan fingerprint density at radius 3 is 2.58 bits per heavy atom. The fourth-order valence-corrected chi connectivity index (χ4v) is 1.42. The predicted octanol–water partition coefficient (Wildman–Crippen LogP) is 1.54. The third-order valence-electron chi connectivity index (χ3n) is 2.95. The van der Waals surface area contributed by atoms with E-state index in [1.54, 1.807) is 0 Å². The van der Waals surface area contributed by atoms with Gasteiger partial charge >= 0.3 is 0 Å². The van der Waals surface area contributed by atoms with Crippen LogP contribution in [0.25, 0.3) is 0 Å². The largest absolute Gasteiger partial charge is 0.389 e. The van der Waals surface area contributed by atoms with Crippen LogP contribution in [0.4, 0.5) is 0 Å². The third-order valence-corrected chi connectivity index (χ3v) is 2.95. The van der Waals surface area contributed by atoms with E-state index in [1.807, 2.05) is 13.8 Å². The van der Waals surface area contributed by atoms with Gasteiger partial charge in [-0.1, -0.05) is 20.3 Å². The highest BCUT2D eigenvalue weighted by Crippen LogP contribution is 2.33. The summed E-state index contributed by atoms with van der Waals surface area (Å²) in [7, 11) is 0. The molecule has 1 saturated carbocycles. The summed E-state index contributed by atoms with van der Waals surface area (Å²) in [6, 6.07) is 0.688. The first-order valence-corrected chi connectivity index (χ1v) is 5.05. The molecule has 1 fully saturated rings. The van der Waals surface area contributed by atoms with E-state index in [0.717, 1.165) is 18.9 Å². The average molecular weight is 171 g/mol. The van der Waals surface area contributed by atoms with Gasteiger partial charge in [0.15, 0.2) is 0 Å². The van der Waals surface area contributed by atoms with Gasteiger partial charge in [-0.05, 0) is 25.7 Å². The van der Waals surface area contributed by atoms with Crippen LogP contribution in [0.15, 0.2) is 0 Å². The minimum Gasteiger partial charge on any atom is -0.389 e. The van der Waals surface area contributed by atoms with Crippen molar-refractivity contribution < 1.29 is 5.11 Å². The van der Waals surface area contributed by atoms with Gasteiger partial charge in [0.25, 0.3) is 0 Å². The highest BCUT2D eigenvalue weighted by Gasteiger charge is 2.35. The van der Waals surface area contributed by atoms with Gasteiger partial charge < -0.3 is 10.4 Å². The maximum atomic E-state index is 9.70. The molecule has 0 aromatic carbocycles.